The summed E-state index contributed by atoms with van der Waals surface area (Å²) >= 11 is 8.03. The minimum Gasteiger partial charge on any atom is -0.253 e. The van der Waals surface area contributed by atoms with Gasteiger partial charge in [-0.1, -0.05) is 6.07 Å². The maximum atomic E-state index is 5.79. The van der Waals surface area contributed by atoms with Gasteiger partial charge in [0, 0.05) is 21.8 Å². The lowest BCUT2D eigenvalue weighted by Gasteiger charge is -2.02. The molecule has 0 saturated carbocycles. The molecule has 2 nitrogen and oxygen atoms in total. The van der Waals surface area contributed by atoms with E-state index in [0.29, 0.717) is 5.88 Å². The van der Waals surface area contributed by atoms with Gasteiger partial charge in [0.05, 0.1) is 5.52 Å². The lowest BCUT2D eigenvalue weighted by atomic mass is 10.2. The Morgan fingerprint density at radius 2 is 1.85 bits per heavy atom. The van der Waals surface area contributed by atoms with Crippen molar-refractivity contribution < 1.29 is 0 Å². The van der Waals surface area contributed by atoms with Crippen LogP contribution in [0.2, 0.25) is 0 Å². The maximum absolute atomic E-state index is 5.79. The van der Waals surface area contributed by atoms with Gasteiger partial charge in [0.15, 0.2) is 0 Å². The molecule has 0 spiro atoms. The second-order valence-corrected chi connectivity index (χ2v) is 4.02. The van der Waals surface area contributed by atoms with Gasteiger partial charge in [-0.2, -0.15) is 0 Å². The average molecular weight is 305 g/mol. The van der Waals surface area contributed by atoms with E-state index >= 15 is 0 Å². The predicted molar refractivity (Wildman–Crippen MR) is 61.8 cm³/mol. The zero-order valence-electron chi connectivity index (χ0n) is 6.67. The van der Waals surface area contributed by atoms with Gasteiger partial charge in [0.2, 0.25) is 0 Å². The molecule has 0 bridgehead atoms. The molecule has 0 atom stereocenters. The van der Waals surface area contributed by atoms with Gasteiger partial charge in [-0.05, 0) is 34.2 Å². The van der Waals surface area contributed by atoms with Crippen LogP contribution in [0.25, 0.3) is 11.0 Å². The van der Waals surface area contributed by atoms with Crippen molar-refractivity contribution in [1.82, 2.24) is 9.97 Å². The Kier molecular flexibility index (Phi) is 2.64. The largest absolute Gasteiger partial charge is 0.253 e. The van der Waals surface area contributed by atoms with Crippen LogP contribution < -0.4 is 0 Å². The first-order valence-electron chi connectivity index (χ1n) is 3.77. The third kappa shape index (κ3) is 1.62. The van der Waals surface area contributed by atoms with E-state index in [1.54, 1.807) is 12.4 Å². The number of fused-ring (bicyclic) bond motifs is 1. The monoisotopic (exact) mass is 304 g/mol. The molecule has 66 valence electrons. The van der Waals surface area contributed by atoms with Crippen LogP contribution in [0.4, 0.5) is 0 Å². The van der Waals surface area contributed by atoms with Crippen LogP contribution in [-0.2, 0) is 5.88 Å². The van der Waals surface area contributed by atoms with Crippen LogP contribution in [0.3, 0.4) is 0 Å². The molecule has 2 rings (SSSR count). The van der Waals surface area contributed by atoms with E-state index in [2.05, 4.69) is 32.6 Å². The van der Waals surface area contributed by atoms with Crippen LogP contribution in [0.5, 0.6) is 0 Å². The van der Waals surface area contributed by atoms with E-state index in [0.717, 1.165) is 20.2 Å². The fraction of sp³-hybridized carbons (Fsp3) is 0.111. The number of alkyl halides is 1. The summed E-state index contributed by atoms with van der Waals surface area (Å²) in [6.07, 6.45) is 3.39. The highest BCUT2D eigenvalue weighted by Gasteiger charge is 2.04. The van der Waals surface area contributed by atoms with E-state index in [1.165, 1.54) is 0 Å². The van der Waals surface area contributed by atoms with E-state index in [1.807, 2.05) is 12.1 Å². The molecule has 0 saturated heterocycles. The SMILES string of the molecule is ClCc1ccc(I)c2nccnc12. The fourth-order valence-electron chi connectivity index (χ4n) is 1.19. The van der Waals surface area contributed by atoms with Crippen molar-refractivity contribution in [2.24, 2.45) is 0 Å². The molecule has 0 aliphatic rings. The molecule has 1 aromatic carbocycles. The summed E-state index contributed by atoms with van der Waals surface area (Å²) in [6.45, 7) is 0. The average Bonchev–Trinajstić information content (AvgIpc) is 2.19. The van der Waals surface area contributed by atoms with Crippen LogP contribution in [0, 0.1) is 3.57 Å². The molecule has 0 N–H and O–H groups in total. The van der Waals surface area contributed by atoms with Gasteiger partial charge in [0.25, 0.3) is 0 Å². The van der Waals surface area contributed by atoms with Crippen LogP contribution >= 0.6 is 34.2 Å². The molecule has 2 aromatic rings. The van der Waals surface area contributed by atoms with Crippen molar-refractivity contribution in [2.45, 2.75) is 5.88 Å². The fourth-order valence-corrected chi connectivity index (χ4v) is 1.98. The Balaban J connectivity index is 2.84. The van der Waals surface area contributed by atoms with Gasteiger partial charge in [0.1, 0.15) is 5.52 Å². The van der Waals surface area contributed by atoms with Gasteiger partial charge in [-0.3, -0.25) is 9.97 Å². The lowest BCUT2D eigenvalue weighted by molar-refractivity contribution is 1.26. The number of benzene rings is 1. The minimum atomic E-state index is 0.478. The number of nitrogens with zero attached hydrogens (tertiary/aromatic N) is 2. The zero-order valence-corrected chi connectivity index (χ0v) is 9.58. The predicted octanol–water partition coefficient (Wildman–Crippen LogP) is 2.97. The normalized spacial score (nSPS) is 10.6. The van der Waals surface area contributed by atoms with E-state index < -0.39 is 0 Å². The highest BCUT2D eigenvalue weighted by atomic mass is 127. The standard InChI is InChI=1S/C9H6ClIN2/c10-5-6-1-2-7(11)9-8(6)12-3-4-13-9/h1-4H,5H2. The highest BCUT2D eigenvalue weighted by Crippen LogP contribution is 2.21. The maximum Gasteiger partial charge on any atom is 0.102 e. The Bertz CT molecular complexity index is 445. The first-order chi connectivity index (χ1) is 6.33. The molecule has 13 heavy (non-hydrogen) atoms. The second-order valence-electron chi connectivity index (χ2n) is 2.59. The topological polar surface area (TPSA) is 25.8 Å². The molecular formula is C9H6ClIN2. The number of halogens is 2. The molecule has 0 amide bonds. The van der Waals surface area contributed by atoms with Crippen LogP contribution in [0.1, 0.15) is 5.56 Å². The summed E-state index contributed by atoms with van der Waals surface area (Å²) in [5.41, 5.74) is 2.87. The number of rotatable bonds is 1. The molecule has 0 unspecified atom stereocenters. The third-order valence-corrected chi connectivity index (χ3v) is 2.96. The third-order valence-electron chi connectivity index (χ3n) is 1.80. The summed E-state index contributed by atoms with van der Waals surface area (Å²) in [7, 11) is 0. The van der Waals surface area contributed by atoms with E-state index in [9.17, 15) is 0 Å². The van der Waals surface area contributed by atoms with Crippen molar-refractivity contribution in [3.8, 4) is 0 Å². The number of hydrogen-bond donors (Lipinski definition) is 0. The number of aromatic nitrogens is 2. The second kappa shape index (κ2) is 3.75. The lowest BCUT2D eigenvalue weighted by Crippen LogP contribution is -1.90. The molecule has 4 heteroatoms. The van der Waals surface area contributed by atoms with Crippen molar-refractivity contribution in [2.75, 3.05) is 0 Å². The molecule has 0 aliphatic heterocycles. The summed E-state index contributed by atoms with van der Waals surface area (Å²) in [4.78, 5) is 8.52. The van der Waals surface area contributed by atoms with Crippen molar-refractivity contribution in [3.05, 3.63) is 33.7 Å². The summed E-state index contributed by atoms with van der Waals surface area (Å²) in [5.74, 6) is 0.478. The first-order valence-corrected chi connectivity index (χ1v) is 5.38. The quantitative estimate of drug-likeness (QED) is 0.598. The number of hydrogen-bond acceptors (Lipinski definition) is 2. The molecule has 0 fully saturated rings. The Hall–Kier alpha value is -0.420. The molecular weight excluding hydrogens is 298 g/mol. The molecule has 1 aromatic heterocycles. The Labute approximate surface area is 94.5 Å². The van der Waals surface area contributed by atoms with Gasteiger partial charge >= 0.3 is 0 Å². The summed E-state index contributed by atoms with van der Waals surface area (Å²) in [5, 5.41) is 0. The van der Waals surface area contributed by atoms with Gasteiger partial charge in [-0.15, -0.1) is 11.6 Å². The molecule has 1 heterocycles. The summed E-state index contributed by atoms with van der Waals surface area (Å²) < 4.78 is 1.11. The van der Waals surface area contributed by atoms with Gasteiger partial charge in [-0.25, -0.2) is 0 Å². The summed E-state index contributed by atoms with van der Waals surface area (Å²) in [6, 6.07) is 4.00. The first kappa shape index (κ1) is 9.15. The van der Waals surface area contributed by atoms with Crippen molar-refractivity contribution in [3.63, 3.8) is 0 Å². The van der Waals surface area contributed by atoms with E-state index in [-0.39, 0.29) is 0 Å². The smallest absolute Gasteiger partial charge is 0.102 e. The van der Waals surface area contributed by atoms with E-state index in [4.69, 9.17) is 11.6 Å². The van der Waals surface area contributed by atoms with Gasteiger partial charge < -0.3 is 0 Å². The van der Waals surface area contributed by atoms with Crippen LogP contribution in [-0.4, -0.2) is 9.97 Å². The Morgan fingerprint density at radius 1 is 1.15 bits per heavy atom. The molecule has 0 aliphatic carbocycles. The van der Waals surface area contributed by atoms with Crippen molar-refractivity contribution in [1.29, 1.82) is 0 Å². The van der Waals surface area contributed by atoms with Crippen molar-refractivity contribution >= 4 is 45.2 Å². The highest BCUT2D eigenvalue weighted by molar-refractivity contribution is 14.1. The Morgan fingerprint density at radius 3 is 2.54 bits per heavy atom. The van der Waals surface area contributed by atoms with Crippen LogP contribution in [0.15, 0.2) is 24.5 Å². The zero-order chi connectivity index (χ0) is 9.26. The minimum absolute atomic E-state index is 0.478. The molecule has 0 radical (unpaired) electrons.